The summed E-state index contributed by atoms with van der Waals surface area (Å²) in [7, 11) is -4.20. The lowest BCUT2D eigenvalue weighted by Crippen LogP contribution is -2.55. The van der Waals surface area contributed by atoms with E-state index in [-0.39, 0.29) is 29.8 Å². The normalized spacial score (nSPS) is 14.3. The van der Waals surface area contributed by atoms with Gasteiger partial charge < -0.3 is 10.2 Å². The maximum atomic E-state index is 14.6. The van der Waals surface area contributed by atoms with Gasteiger partial charge in [-0.3, -0.25) is 13.9 Å². The Kier molecular flexibility index (Phi) is 11.4. The Morgan fingerprint density at radius 1 is 0.739 bits per heavy atom. The van der Waals surface area contributed by atoms with Crippen molar-refractivity contribution >= 4 is 50.7 Å². The summed E-state index contributed by atoms with van der Waals surface area (Å²) in [5.41, 5.74) is 1.96. The minimum atomic E-state index is -4.20. The molecule has 0 unspecified atom stereocenters. The van der Waals surface area contributed by atoms with Crippen LogP contribution in [0.15, 0.2) is 114 Å². The van der Waals surface area contributed by atoms with Gasteiger partial charge in [0.1, 0.15) is 12.6 Å². The largest absolute Gasteiger partial charge is 0.352 e. The van der Waals surface area contributed by atoms with Crippen LogP contribution in [0.4, 0.5) is 5.69 Å². The van der Waals surface area contributed by atoms with Gasteiger partial charge in [-0.15, -0.1) is 0 Å². The Bertz CT molecular complexity index is 1700. The Hall–Kier alpha value is -3.85. The Morgan fingerprint density at radius 2 is 1.30 bits per heavy atom. The van der Waals surface area contributed by atoms with E-state index in [1.165, 1.54) is 29.2 Å². The molecule has 0 heterocycles. The number of nitrogens with zero attached hydrogens (tertiary/aromatic N) is 2. The zero-order valence-electron chi connectivity index (χ0n) is 25.4. The first kappa shape index (κ1) is 33.5. The van der Waals surface area contributed by atoms with E-state index in [4.69, 9.17) is 23.2 Å². The highest BCUT2D eigenvalue weighted by molar-refractivity contribution is 7.92. The summed E-state index contributed by atoms with van der Waals surface area (Å²) in [6.45, 7) is -0.445. The van der Waals surface area contributed by atoms with Crippen molar-refractivity contribution in [2.45, 2.75) is 62.0 Å². The summed E-state index contributed by atoms with van der Waals surface area (Å²) in [5, 5.41) is 4.15. The molecule has 4 aromatic carbocycles. The van der Waals surface area contributed by atoms with Gasteiger partial charge in [0.25, 0.3) is 10.0 Å². The van der Waals surface area contributed by atoms with Crippen molar-refractivity contribution in [3.8, 4) is 0 Å². The minimum Gasteiger partial charge on any atom is -0.352 e. The predicted octanol–water partition coefficient (Wildman–Crippen LogP) is 7.28. The van der Waals surface area contributed by atoms with Crippen LogP contribution in [0.25, 0.3) is 0 Å². The zero-order chi connectivity index (χ0) is 32.5. The topological polar surface area (TPSA) is 86.8 Å². The van der Waals surface area contributed by atoms with Crippen LogP contribution in [-0.4, -0.2) is 43.8 Å². The number of hydrogen-bond donors (Lipinski definition) is 1. The standard InChI is InChI=1S/C36H37Cl2N3O4S/c37-29-18-16-28(17-19-29)25-40(34(24-27-10-4-1-5-11-27)36(43)39-31-12-6-2-7-13-31)35(42)26-41(32-14-8-3-9-15-32)46(44,45)33-22-20-30(38)21-23-33/h1,3-5,8-11,14-23,31,34H,2,6-7,12-13,24-26H2,(H,39,43)/t34-/m1/s1. The fraction of sp³-hybridized carbons (Fsp3) is 0.278. The maximum absolute atomic E-state index is 14.6. The fourth-order valence-electron chi connectivity index (χ4n) is 5.74. The second kappa shape index (κ2) is 15.6. The second-order valence-electron chi connectivity index (χ2n) is 11.5. The van der Waals surface area contributed by atoms with E-state index in [2.05, 4.69) is 5.32 Å². The lowest BCUT2D eigenvalue weighted by atomic mass is 9.94. The van der Waals surface area contributed by atoms with Crippen LogP contribution in [0.1, 0.15) is 43.2 Å². The van der Waals surface area contributed by atoms with Gasteiger partial charge in [-0.25, -0.2) is 8.42 Å². The molecular weight excluding hydrogens is 641 g/mol. The number of anilines is 1. The molecule has 0 saturated heterocycles. The number of hydrogen-bond acceptors (Lipinski definition) is 4. The van der Waals surface area contributed by atoms with Crippen LogP contribution in [-0.2, 0) is 32.6 Å². The van der Waals surface area contributed by atoms with Crippen molar-refractivity contribution in [2.24, 2.45) is 0 Å². The van der Waals surface area contributed by atoms with Gasteiger partial charge in [0, 0.05) is 29.1 Å². The van der Waals surface area contributed by atoms with Crippen LogP contribution < -0.4 is 9.62 Å². The SMILES string of the molecule is O=C(NC1CCCCC1)[C@@H](Cc1ccccc1)N(Cc1ccc(Cl)cc1)C(=O)CN(c1ccccc1)S(=O)(=O)c1ccc(Cl)cc1. The minimum absolute atomic E-state index is 0.00585. The average molecular weight is 679 g/mol. The quantitative estimate of drug-likeness (QED) is 0.171. The molecule has 0 aliphatic heterocycles. The molecule has 240 valence electrons. The molecule has 0 aromatic heterocycles. The monoisotopic (exact) mass is 677 g/mol. The van der Waals surface area contributed by atoms with E-state index < -0.39 is 28.5 Å². The van der Waals surface area contributed by atoms with Gasteiger partial charge in [0.2, 0.25) is 11.8 Å². The first-order valence-corrected chi connectivity index (χ1v) is 17.6. The number of rotatable bonds is 12. The summed E-state index contributed by atoms with van der Waals surface area (Å²) in [6.07, 6.45) is 5.24. The van der Waals surface area contributed by atoms with Crippen molar-refractivity contribution < 1.29 is 18.0 Å². The number of halogens is 2. The van der Waals surface area contributed by atoms with Crippen LogP contribution in [0, 0.1) is 0 Å². The third-order valence-corrected chi connectivity index (χ3v) is 10.5. The molecule has 1 aliphatic carbocycles. The summed E-state index contributed by atoms with van der Waals surface area (Å²) >= 11 is 12.2. The Balaban J connectivity index is 1.54. The van der Waals surface area contributed by atoms with E-state index in [1.807, 2.05) is 30.3 Å². The van der Waals surface area contributed by atoms with Crippen LogP contribution in [0.2, 0.25) is 10.0 Å². The third kappa shape index (κ3) is 8.69. The first-order valence-electron chi connectivity index (χ1n) is 15.4. The molecule has 7 nitrogen and oxygen atoms in total. The molecule has 1 N–H and O–H groups in total. The number of para-hydroxylation sites is 1. The summed E-state index contributed by atoms with van der Waals surface area (Å²) in [5.74, 6) is -0.777. The van der Waals surface area contributed by atoms with E-state index in [0.717, 1.165) is 47.5 Å². The molecule has 1 aliphatic rings. The van der Waals surface area contributed by atoms with Gasteiger partial charge in [0.15, 0.2) is 0 Å². The number of sulfonamides is 1. The molecular formula is C36H37Cl2N3O4S. The van der Waals surface area contributed by atoms with Gasteiger partial charge in [-0.05, 0) is 72.5 Å². The lowest BCUT2D eigenvalue weighted by molar-refractivity contribution is -0.140. The van der Waals surface area contributed by atoms with Crippen molar-refractivity contribution in [2.75, 3.05) is 10.8 Å². The first-order chi connectivity index (χ1) is 22.2. The predicted molar refractivity (Wildman–Crippen MR) is 183 cm³/mol. The molecule has 10 heteroatoms. The number of carbonyl (C=O) groups excluding carboxylic acids is 2. The molecule has 1 saturated carbocycles. The lowest BCUT2D eigenvalue weighted by Gasteiger charge is -2.35. The van der Waals surface area contributed by atoms with Gasteiger partial charge in [0.05, 0.1) is 10.6 Å². The molecule has 1 fully saturated rings. The number of carbonyl (C=O) groups is 2. The highest BCUT2D eigenvalue weighted by Crippen LogP contribution is 2.26. The molecule has 4 aromatic rings. The zero-order valence-corrected chi connectivity index (χ0v) is 27.7. The summed E-state index contributed by atoms with van der Waals surface area (Å²) in [6, 6.07) is 30.0. The number of amides is 2. The molecule has 0 bridgehead atoms. The van der Waals surface area contributed by atoms with E-state index in [9.17, 15) is 18.0 Å². The van der Waals surface area contributed by atoms with Crippen molar-refractivity contribution in [3.05, 3.63) is 130 Å². The average Bonchev–Trinajstić information content (AvgIpc) is 3.07. The number of benzene rings is 4. The Morgan fingerprint density at radius 3 is 1.91 bits per heavy atom. The van der Waals surface area contributed by atoms with Crippen LogP contribution in [0.5, 0.6) is 0 Å². The van der Waals surface area contributed by atoms with Gasteiger partial charge in [-0.1, -0.05) is 103 Å². The molecule has 2 amide bonds. The highest BCUT2D eigenvalue weighted by atomic mass is 35.5. The van der Waals surface area contributed by atoms with Gasteiger partial charge >= 0.3 is 0 Å². The third-order valence-electron chi connectivity index (χ3n) is 8.21. The summed E-state index contributed by atoms with van der Waals surface area (Å²) in [4.78, 5) is 30.2. The summed E-state index contributed by atoms with van der Waals surface area (Å²) < 4.78 is 29.2. The molecule has 1 atom stereocenters. The molecule has 0 spiro atoms. The number of nitrogens with one attached hydrogen (secondary N) is 1. The van der Waals surface area contributed by atoms with Crippen molar-refractivity contribution in [1.29, 1.82) is 0 Å². The van der Waals surface area contributed by atoms with Crippen molar-refractivity contribution in [1.82, 2.24) is 10.2 Å². The van der Waals surface area contributed by atoms with E-state index in [0.29, 0.717) is 15.7 Å². The van der Waals surface area contributed by atoms with Crippen molar-refractivity contribution in [3.63, 3.8) is 0 Å². The molecule has 5 rings (SSSR count). The van der Waals surface area contributed by atoms with E-state index in [1.54, 1.807) is 54.6 Å². The maximum Gasteiger partial charge on any atom is 0.264 e. The second-order valence-corrected chi connectivity index (χ2v) is 14.2. The van der Waals surface area contributed by atoms with E-state index >= 15 is 0 Å². The van der Waals surface area contributed by atoms with Crippen LogP contribution in [0.3, 0.4) is 0 Å². The molecule has 46 heavy (non-hydrogen) atoms. The van der Waals surface area contributed by atoms with Crippen LogP contribution >= 0.6 is 23.2 Å². The fourth-order valence-corrected chi connectivity index (χ4v) is 7.41. The van der Waals surface area contributed by atoms with Gasteiger partial charge in [-0.2, -0.15) is 0 Å². The molecule has 0 radical (unpaired) electrons. The highest BCUT2D eigenvalue weighted by Gasteiger charge is 2.35. The Labute approximate surface area is 281 Å². The smallest absolute Gasteiger partial charge is 0.264 e.